The number of hydrogen-bond acceptors (Lipinski definition) is 4. The number of alkyl halides is 3. The Balaban J connectivity index is 1.80. The van der Waals surface area contributed by atoms with E-state index < -0.39 is 11.7 Å². The second-order valence-electron chi connectivity index (χ2n) is 5.31. The van der Waals surface area contributed by atoms with E-state index in [0.717, 1.165) is 16.6 Å². The highest BCUT2D eigenvalue weighted by molar-refractivity contribution is 9.10. The summed E-state index contributed by atoms with van der Waals surface area (Å²) in [7, 11) is 0. The fraction of sp³-hybridized carbons (Fsp3) is 0.267. The quantitative estimate of drug-likeness (QED) is 0.645. The second kappa shape index (κ2) is 6.39. The average Bonchev–Trinajstić information content (AvgIpc) is 3.16. The number of nitrogens with zero attached hydrogens (tertiary/aromatic N) is 4. The van der Waals surface area contributed by atoms with Gasteiger partial charge in [-0.05, 0) is 34.1 Å². The first-order chi connectivity index (χ1) is 11.3. The molecule has 0 spiro atoms. The molecule has 126 valence electrons. The molecule has 1 aromatic carbocycles. The van der Waals surface area contributed by atoms with E-state index in [1.54, 1.807) is 17.1 Å². The molecule has 0 amide bonds. The monoisotopic (exact) mass is 400 g/mol. The van der Waals surface area contributed by atoms with Crippen LogP contribution in [0.3, 0.4) is 0 Å². The molecule has 24 heavy (non-hydrogen) atoms. The molecule has 3 rings (SSSR count). The Labute approximate surface area is 143 Å². The van der Waals surface area contributed by atoms with E-state index in [2.05, 4.69) is 31.2 Å². The fourth-order valence-electron chi connectivity index (χ4n) is 2.18. The second-order valence-corrected chi connectivity index (χ2v) is 6.22. The van der Waals surface area contributed by atoms with Gasteiger partial charge in [0.05, 0.1) is 28.7 Å². The minimum absolute atomic E-state index is 0.0598. The Morgan fingerprint density at radius 1 is 1.29 bits per heavy atom. The zero-order chi connectivity index (χ0) is 17.3. The van der Waals surface area contributed by atoms with Gasteiger partial charge in [0, 0.05) is 11.8 Å². The van der Waals surface area contributed by atoms with Crippen LogP contribution >= 0.6 is 15.9 Å². The maximum absolute atomic E-state index is 12.8. The van der Waals surface area contributed by atoms with Gasteiger partial charge < -0.3 is 4.42 Å². The Morgan fingerprint density at radius 2 is 2.08 bits per heavy atom. The summed E-state index contributed by atoms with van der Waals surface area (Å²) in [6, 6.07) is 4.81. The van der Waals surface area contributed by atoms with Gasteiger partial charge in [0.1, 0.15) is 0 Å². The normalized spacial score (nSPS) is 13.2. The highest BCUT2D eigenvalue weighted by atomic mass is 79.9. The summed E-state index contributed by atoms with van der Waals surface area (Å²) in [5.74, 6) is 0.266. The van der Waals surface area contributed by atoms with Gasteiger partial charge >= 0.3 is 6.18 Å². The van der Waals surface area contributed by atoms with Gasteiger partial charge in [0.15, 0.2) is 0 Å². The molecule has 0 bridgehead atoms. The molecule has 0 radical (unpaired) electrons. The van der Waals surface area contributed by atoms with E-state index in [9.17, 15) is 13.2 Å². The minimum Gasteiger partial charge on any atom is -0.420 e. The van der Waals surface area contributed by atoms with Crippen molar-refractivity contribution in [3.8, 4) is 11.5 Å². The lowest BCUT2D eigenvalue weighted by Gasteiger charge is -2.07. The fourth-order valence-corrected chi connectivity index (χ4v) is 2.50. The van der Waals surface area contributed by atoms with Gasteiger partial charge in [0.25, 0.3) is 0 Å². The summed E-state index contributed by atoms with van der Waals surface area (Å²) >= 11 is 3.31. The van der Waals surface area contributed by atoms with Gasteiger partial charge in [-0.1, -0.05) is 13.0 Å². The molecule has 0 saturated carbocycles. The summed E-state index contributed by atoms with van der Waals surface area (Å²) in [6.45, 7) is 2.38. The van der Waals surface area contributed by atoms with Crippen LogP contribution < -0.4 is 0 Å². The highest BCUT2D eigenvalue weighted by Gasteiger charge is 2.31. The van der Waals surface area contributed by atoms with Crippen molar-refractivity contribution in [1.82, 2.24) is 20.0 Å². The maximum atomic E-state index is 12.8. The summed E-state index contributed by atoms with van der Waals surface area (Å²) in [5, 5.41) is 11.9. The topological polar surface area (TPSA) is 56.7 Å². The van der Waals surface area contributed by atoms with Crippen LogP contribution in [0, 0.1) is 0 Å². The third-order valence-electron chi connectivity index (χ3n) is 3.36. The molecule has 0 aliphatic heterocycles. The van der Waals surface area contributed by atoms with Crippen LogP contribution in [0.15, 0.2) is 45.5 Å². The van der Waals surface area contributed by atoms with Crippen molar-refractivity contribution >= 4 is 15.9 Å². The summed E-state index contributed by atoms with van der Waals surface area (Å²) in [5.41, 5.74) is -0.521. The first-order valence-electron chi connectivity index (χ1n) is 7.02. The largest absolute Gasteiger partial charge is 0.420 e. The summed E-state index contributed by atoms with van der Waals surface area (Å²) in [4.78, 5) is 0. The van der Waals surface area contributed by atoms with Gasteiger partial charge in [-0.15, -0.1) is 10.2 Å². The van der Waals surface area contributed by atoms with Gasteiger partial charge in [0.2, 0.25) is 11.8 Å². The van der Waals surface area contributed by atoms with Crippen molar-refractivity contribution < 1.29 is 17.6 Å². The molecule has 0 aliphatic carbocycles. The Morgan fingerprint density at radius 3 is 2.75 bits per heavy atom. The average molecular weight is 401 g/mol. The van der Waals surface area contributed by atoms with Crippen LogP contribution in [0.5, 0.6) is 0 Å². The number of hydrogen-bond donors (Lipinski definition) is 0. The standard InChI is InChI=1S/C15H12BrF3N4O/c1-9(7-23-8-12(16)6-20-23)13-21-22-14(24-13)10-3-2-4-11(5-10)15(17,18)19/h2-6,8-9H,7H2,1H3. The van der Waals surface area contributed by atoms with E-state index in [1.807, 2.05) is 6.92 Å². The third-order valence-corrected chi connectivity index (χ3v) is 3.77. The Bertz CT molecular complexity index is 843. The number of benzene rings is 1. The van der Waals surface area contributed by atoms with Crippen LogP contribution in [0.25, 0.3) is 11.5 Å². The predicted molar refractivity (Wildman–Crippen MR) is 83.1 cm³/mol. The molecule has 2 heterocycles. The Kier molecular flexibility index (Phi) is 4.44. The van der Waals surface area contributed by atoms with Gasteiger partial charge in [-0.3, -0.25) is 4.68 Å². The van der Waals surface area contributed by atoms with Gasteiger partial charge in [-0.2, -0.15) is 18.3 Å². The highest BCUT2D eigenvalue weighted by Crippen LogP contribution is 2.32. The lowest BCUT2D eigenvalue weighted by molar-refractivity contribution is -0.137. The van der Waals surface area contributed by atoms with Crippen molar-refractivity contribution in [3.63, 3.8) is 0 Å². The molecule has 0 N–H and O–H groups in total. The lowest BCUT2D eigenvalue weighted by Crippen LogP contribution is -2.06. The zero-order valence-corrected chi connectivity index (χ0v) is 14.0. The molecule has 5 nitrogen and oxygen atoms in total. The van der Waals surface area contributed by atoms with Crippen LogP contribution in [0.1, 0.15) is 24.3 Å². The van der Waals surface area contributed by atoms with Crippen LogP contribution in [0.2, 0.25) is 0 Å². The molecule has 1 unspecified atom stereocenters. The SMILES string of the molecule is CC(Cn1cc(Br)cn1)c1nnc(-c2cccc(C(F)(F)F)c2)o1. The molecule has 0 saturated heterocycles. The van der Waals surface area contributed by atoms with E-state index in [4.69, 9.17) is 4.42 Å². The molecular weight excluding hydrogens is 389 g/mol. The zero-order valence-electron chi connectivity index (χ0n) is 12.5. The van der Waals surface area contributed by atoms with E-state index in [-0.39, 0.29) is 17.4 Å². The minimum atomic E-state index is -4.42. The Hall–Kier alpha value is -2.16. The molecule has 0 fully saturated rings. The van der Waals surface area contributed by atoms with Crippen LogP contribution in [-0.2, 0) is 12.7 Å². The first-order valence-corrected chi connectivity index (χ1v) is 7.81. The van der Waals surface area contributed by atoms with Crippen molar-refractivity contribution in [2.24, 2.45) is 0 Å². The van der Waals surface area contributed by atoms with Crippen LogP contribution in [-0.4, -0.2) is 20.0 Å². The summed E-state index contributed by atoms with van der Waals surface area (Å²) < 4.78 is 46.4. The smallest absolute Gasteiger partial charge is 0.416 e. The van der Waals surface area contributed by atoms with E-state index in [0.29, 0.717) is 12.4 Å². The maximum Gasteiger partial charge on any atom is 0.416 e. The first kappa shape index (κ1) is 16.7. The molecule has 9 heteroatoms. The predicted octanol–water partition coefficient (Wildman–Crippen LogP) is 4.52. The number of halogens is 4. The summed E-state index contributed by atoms with van der Waals surface area (Å²) in [6.07, 6.45) is -0.950. The lowest BCUT2D eigenvalue weighted by atomic mass is 10.1. The number of aromatic nitrogens is 4. The molecule has 3 aromatic rings. The van der Waals surface area contributed by atoms with Crippen LogP contribution in [0.4, 0.5) is 13.2 Å². The molecule has 2 aromatic heterocycles. The van der Waals surface area contributed by atoms with E-state index in [1.165, 1.54) is 12.1 Å². The number of rotatable bonds is 4. The van der Waals surface area contributed by atoms with Crippen molar-refractivity contribution in [3.05, 3.63) is 52.6 Å². The molecular formula is C15H12BrF3N4O. The van der Waals surface area contributed by atoms with Gasteiger partial charge in [-0.25, -0.2) is 0 Å². The van der Waals surface area contributed by atoms with E-state index >= 15 is 0 Å². The molecule has 1 atom stereocenters. The molecule has 0 aliphatic rings. The van der Waals surface area contributed by atoms with Crippen molar-refractivity contribution in [2.45, 2.75) is 25.6 Å². The van der Waals surface area contributed by atoms with Crippen molar-refractivity contribution in [2.75, 3.05) is 0 Å². The van der Waals surface area contributed by atoms with Crippen molar-refractivity contribution in [1.29, 1.82) is 0 Å². The third kappa shape index (κ3) is 3.66.